The highest BCUT2D eigenvalue weighted by Gasteiger charge is 2.07. The highest BCUT2D eigenvalue weighted by Crippen LogP contribution is 2.29. The summed E-state index contributed by atoms with van der Waals surface area (Å²) in [6.07, 6.45) is 2.59. The molecule has 0 atom stereocenters. The summed E-state index contributed by atoms with van der Waals surface area (Å²) < 4.78 is 5.92. The number of pyridine rings is 1. The van der Waals surface area contributed by atoms with Crippen LogP contribution in [0.25, 0.3) is 10.8 Å². The molecule has 0 saturated carbocycles. The Hall–Kier alpha value is -2.06. The number of hydrogen-bond donors (Lipinski definition) is 0. The Bertz CT molecular complexity index is 728. The first-order valence-corrected chi connectivity index (χ1v) is 7.51. The molecule has 2 nitrogen and oxygen atoms in total. The van der Waals surface area contributed by atoms with Gasteiger partial charge in [-0.05, 0) is 29.0 Å². The Morgan fingerprint density at radius 2 is 1.81 bits per heavy atom. The van der Waals surface area contributed by atoms with E-state index >= 15 is 0 Å². The zero-order valence-electron chi connectivity index (χ0n) is 11.6. The molecule has 3 heteroatoms. The molecule has 106 valence electrons. The molecule has 0 amide bonds. The standard InChI is InChI=1S/C18H16ClNO/c19-13-17-16-7-2-1-5-14(16)8-9-18(17)21-12-10-15-6-3-4-11-20-15/h1-9,11H,10,12-13H2. The number of hydrogen-bond acceptors (Lipinski definition) is 2. The van der Waals surface area contributed by atoms with Crippen molar-refractivity contribution in [2.24, 2.45) is 0 Å². The second-order valence-corrected chi connectivity index (χ2v) is 5.08. The van der Waals surface area contributed by atoms with Crippen molar-refractivity contribution in [3.63, 3.8) is 0 Å². The van der Waals surface area contributed by atoms with E-state index in [1.54, 1.807) is 6.20 Å². The molecular weight excluding hydrogens is 282 g/mol. The molecule has 3 aromatic rings. The number of halogens is 1. The van der Waals surface area contributed by atoms with Gasteiger partial charge in [-0.3, -0.25) is 4.98 Å². The molecule has 1 heterocycles. The molecule has 0 aliphatic carbocycles. The van der Waals surface area contributed by atoms with Gasteiger partial charge in [0.05, 0.1) is 12.5 Å². The molecule has 0 aliphatic heterocycles. The molecule has 0 aliphatic rings. The van der Waals surface area contributed by atoms with Gasteiger partial charge in [-0.2, -0.15) is 0 Å². The summed E-state index contributed by atoms with van der Waals surface area (Å²) >= 11 is 6.11. The van der Waals surface area contributed by atoms with Gasteiger partial charge in [0, 0.05) is 23.9 Å². The zero-order valence-corrected chi connectivity index (χ0v) is 12.4. The van der Waals surface area contributed by atoms with Crippen LogP contribution >= 0.6 is 11.6 Å². The highest BCUT2D eigenvalue weighted by molar-refractivity contribution is 6.18. The van der Waals surface area contributed by atoms with Crippen LogP contribution < -0.4 is 4.74 Å². The molecule has 3 rings (SSSR count). The van der Waals surface area contributed by atoms with Crippen LogP contribution in [0.15, 0.2) is 60.8 Å². The molecule has 0 saturated heterocycles. The van der Waals surface area contributed by atoms with E-state index in [1.165, 1.54) is 5.39 Å². The van der Waals surface area contributed by atoms with Crippen LogP contribution in [0.2, 0.25) is 0 Å². The third kappa shape index (κ3) is 3.17. The Morgan fingerprint density at radius 1 is 0.952 bits per heavy atom. The van der Waals surface area contributed by atoms with E-state index in [9.17, 15) is 0 Å². The first kappa shape index (κ1) is 13.9. The van der Waals surface area contributed by atoms with Gasteiger partial charge in [-0.1, -0.05) is 36.4 Å². The molecule has 0 spiro atoms. The van der Waals surface area contributed by atoms with Crippen molar-refractivity contribution in [3.8, 4) is 5.75 Å². The average Bonchev–Trinajstić information content (AvgIpc) is 2.55. The predicted molar refractivity (Wildman–Crippen MR) is 86.9 cm³/mol. The van der Waals surface area contributed by atoms with Crippen molar-refractivity contribution in [2.45, 2.75) is 12.3 Å². The lowest BCUT2D eigenvalue weighted by Crippen LogP contribution is -2.04. The molecule has 0 unspecified atom stereocenters. The first-order chi connectivity index (χ1) is 10.4. The molecular formula is C18H16ClNO. The predicted octanol–water partition coefficient (Wildman–Crippen LogP) is 4.60. The van der Waals surface area contributed by atoms with Crippen LogP contribution in [0.3, 0.4) is 0 Å². The number of fused-ring (bicyclic) bond motifs is 1. The Kier molecular flexibility index (Phi) is 4.37. The Balaban J connectivity index is 1.77. The van der Waals surface area contributed by atoms with Crippen molar-refractivity contribution < 1.29 is 4.74 Å². The Morgan fingerprint density at radius 3 is 2.62 bits per heavy atom. The minimum absolute atomic E-state index is 0.445. The summed E-state index contributed by atoms with van der Waals surface area (Å²) in [6.45, 7) is 0.596. The normalized spacial score (nSPS) is 10.7. The zero-order chi connectivity index (χ0) is 14.5. The van der Waals surface area contributed by atoms with Gasteiger partial charge in [0.1, 0.15) is 5.75 Å². The van der Waals surface area contributed by atoms with E-state index in [0.29, 0.717) is 12.5 Å². The quantitative estimate of drug-likeness (QED) is 0.642. The number of benzene rings is 2. The topological polar surface area (TPSA) is 22.1 Å². The van der Waals surface area contributed by atoms with Crippen LogP contribution in [0.5, 0.6) is 5.75 Å². The van der Waals surface area contributed by atoms with Gasteiger partial charge in [0.15, 0.2) is 0 Å². The fourth-order valence-corrected chi connectivity index (χ4v) is 2.68. The molecule has 0 bridgehead atoms. The largest absolute Gasteiger partial charge is 0.493 e. The molecule has 0 fully saturated rings. The SMILES string of the molecule is ClCc1c(OCCc2ccccn2)ccc2ccccc12. The maximum Gasteiger partial charge on any atom is 0.124 e. The smallest absolute Gasteiger partial charge is 0.124 e. The number of rotatable bonds is 5. The maximum atomic E-state index is 6.11. The van der Waals surface area contributed by atoms with Crippen LogP contribution in [0.4, 0.5) is 0 Å². The summed E-state index contributed by atoms with van der Waals surface area (Å²) in [4.78, 5) is 4.30. The molecule has 2 aromatic carbocycles. The lowest BCUT2D eigenvalue weighted by atomic mass is 10.0. The third-order valence-electron chi connectivity index (χ3n) is 3.47. The van der Waals surface area contributed by atoms with Gasteiger partial charge >= 0.3 is 0 Å². The van der Waals surface area contributed by atoms with E-state index in [-0.39, 0.29) is 0 Å². The van der Waals surface area contributed by atoms with E-state index in [1.807, 2.05) is 36.4 Å². The van der Waals surface area contributed by atoms with Gasteiger partial charge < -0.3 is 4.74 Å². The monoisotopic (exact) mass is 297 g/mol. The lowest BCUT2D eigenvalue weighted by Gasteiger charge is -2.12. The maximum absolute atomic E-state index is 6.11. The van der Waals surface area contributed by atoms with Gasteiger partial charge in [0.25, 0.3) is 0 Å². The number of ether oxygens (including phenoxy) is 1. The number of alkyl halides is 1. The number of aromatic nitrogens is 1. The lowest BCUT2D eigenvalue weighted by molar-refractivity contribution is 0.318. The van der Waals surface area contributed by atoms with Crippen molar-refractivity contribution in [2.75, 3.05) is 6.61 Å². The summed E-state index contributed by atoms with van der Waals surface area (Å²) in [5, 5.41) is 2.34. The third-order valence-corrected chi connectivity index (χ3v) is 3.74. The summed E-state index contributed by atoms with van der Waals surface area (Å²) in [5.74, 6) is 1.31. The molecule has 1 aromatic heterocycles. The fraction of sp³-hybridized carbons (Fsp3) is 0.167. The minimum atomic E-state index is 0.445. The van der Waals surface area contributed by atoms with E-state index < -0.39 is 0 Å². The minimum Gasteiger partial charge on any atom is -0.493 e. The van der Waals surface area contributed by atoms with Crippen LogP contribution in [0.1, 0.15) is 11.3 Å². The van der Waals surface area contributed by atoms with E-state index in [2.05, 4.69) is 23.2 Å². The van der Waals surface area contributed by atoms with Crippen molar-refractivity contribution in [1.82, 2.24) is 4.98 Å². The van der Waals surface area contributed by atoms with E-state index in [0.717, 1.165) is 28.8 Å². The first-order valence-electron chi connectivity index (χ1n) is 6.98. The molecule has 21 heavy (non-hydrogen) atoms. The van der Waals surface area contributed by atoms with E-state index in [4.69, 9.17) is 16.3 Å². The Labute approximate surface area is 129 Å². The van der Waals surface area contributed by atoms with Crippen LogP contribution in [0, 0.1) is 0 Å². The van der Waals surface area contributed by atoms with Crippen molar-refractivity contribution in [1.29, 1.82) is 0 Å². The number of nitrogens with zero attached hydrogens (tertiary/aromatic N) is 1. The molecule has 0 N–H and O–H groups in total. The van der Waals surface area contributed by atoms with Gasteiger partial charge in [-0.15, -0.1) is 11.6 Å². The highest BCUT2D eigenvalue weighted by atomic mass is 35.5. The fourth-order valence-electron chi connectivity index (χ4n) is 2.40. The average molecular weight is 298 g/mol. The van der Waals surface area contributed by atoms with Gasteiger partial charge in [-0.25, -0.2) is 0 Å². The summed E-state index contributed by atoms with van der Waals surface area (Å²) in [6, 6.07) is 18.2. The second kappa shape index (κ2) is 6.59. The molecule has 0 radical (unpaired) electrons. The van der Waals surface area contributed by atoms with Crippen LogP contribution in [-0.2, 0) is 12.3 Å². The summed E-state index contributed by atoms with van der Waals surface area (Å²) in [7, 11) is 0. The summed E-state index contributed by atoms with van der Waals surface area (Å²) in [5.41, 5.74) is 2.08. The van der Waals surface area contributed by atoms with Gasteiger partial charge in [0.2, 0.25) is 0 Å². The van der Waals surface area contributed by atoms with Crippen molar-refractivity contribution >= 4 is 22.4 Å². The van der Waals surface area contributed by atoms with Crippen molar-refractivity contribution in [3.05, 3.63) is 72.1 Å². The second-order valence-electron chi connectivity index (χ2n) is 4.82. The van der Waals surface area contributed by atoms with Crippen LogP contribution in [-0.4, -0.2) is 11.6 Å².